The van der Waals surface area contributed by atoms with Crippen LogP contribution < -0.4 is 0 Å². The van der Waals surface area contributed by atoms with Crippen molar-refractivity contribution >= 4 is 39.3 Å². The van der Waals surface area contributed by atoms with Gasteiger partial charge in [-0.15, -0.1) is 0 Å². The van der Waals surface area contributed by atoms with Crippen molar-refractivity contribution in [1.29, 1.82) is 5.26 Å². The zero-order valence-electron chi connectivity index (χ0n) is 38.7. The summed E-state index contributed by atoms with van der Waals surface area (Å²) in [6, 6.07) is 65.5. The smallest absolute Gasteiger partial charge is 0.164 e. The van der Waals surface area contributed by atoms with Crippen LogP contribution in [0.5, 0.6) is 0 Å². The van der Waals surface area contributed by atoms with E-state index in [-0.39, 0.29) is 5.92 Å². The van der Waals surface area contributed by atoms with Crippen LogP contribution in [0.2, 0.25) is 0 Å². The second kappa shape index (κ2) is 18.9. The zero-order chi connectivity index (χ0) is 46.7. The highest BCUT2D eigenvalue weighted by atomic mass is 15.0. The van der Waals surface area contributed by atoms with E-state index in [0.29, 0.717) is 23.0 Å². The molecule has 7 aromatic carbocycles. The average Bonchev–Trinajstić information content (AvgIpc) is 3.75. The van der Waals surface area contributed by atoms with Gasteiger partial charge in [0.2, 0.25) is 0 Å². The summed E-state index contributed by atoms with van der Waals surface area (Å²) < 4.78 is 2.52. The maximum Gasteiger partial charge on any atom is 0.164 e. The van der Waals surface area contributed by atoms with Gasteiger partial charge in [-0.3, -0.25) is 0 Å². The Morgan fingerprint density at radius 2 is 1.16 bits per heavy atom. The van der Waals surface area contributed by atoms with Crippen LogP contribution in [0, 0.1) is 11.3 Å². The highest BCUT2D eigenvalue weighted by molar-refractivity contribution is 6.00. The predicted octanol–water partition coefficient (Wildman–Crippen LogP) is 15.8. The van der Waals surface area contributed by atoms with Crippen molar-refractivity contribution in [3.05, 3.63) is 257 Å². The molecule has 0 radical (unpaired) electrons. The van der Waals surface area contributed by atoms with E-state index < -0.39 is 0 Å². The van der Waals surface area contributed by atoms with E-state index in [1.165, 1.54) is 44.7 Å². The van der Waals surface area contributed by atoms with Crippen LogP contribution in [0.4, 0.5) is 0 Å². The molecule has 9 aromatic rings. The summed E-state index contributed by atoms with van der Waals surface area (Å²) in [6.07, 6.45) is 16.4. The van der Waals surface area contributed by atoms with Gasteiger partial charge in [0.15, 0.2) is 17.5 Å². The Hall–Kier alpha value is -8.72. The van der Waals surface area contributed by atoms with Crippen molar-refractivity contribution in [3.8, 4) is 45.9 Å². The summed E-state index contributed by atoms with van der Waals surface area (Å²) in [5, 5.41) is 11.4. The van der Waals surface area contributed by atoms with Crippen molar-refractivity contribution in [1.82, 2.24) is 19.5 Å². The number of rotatable bonds is 10. The number of hydrogen-bond acceptors (Lipinski definition) is 4. The lowest BCUT2D eigenvalue weighted by Gasteiger charge is -2.27. The molecule has 1 atom stereocenters. The molecular formula is C64H49N5. The Kier molecular flexibility index (Phi) is 11.7. The van der Waals surface area contributed by atoms with Gasteiger partial charge in [0.1, 0.15) is 0 Å². The number of benzene rings is 7. The predicted molar refractivity (Wildman–Crippen MR) is 285 cm³/mol. The van der Waals surface area contributed by atoms with Crippen LogP contribution in [0.15, 0.2) is 212 Å². The minimum Gasteiger partial charge on any atom is -0.312 e. The fourth-order valence-corrected chi connectivity index (χ4v) is 9.87. The first-order valence-electron chi connectivity index (χ1n) is 23.7. The van der Waals surface area contributed by atoms with Crippen molar-refractivity contribution in [2.75, 3.05) is 0 Å². The minimum atomic E-state index is 0.00933. The van der Waals surface area contributed by atoms with E-state index in [4.69, 9.17) is 15.0 Å². The molecule has 1 unspecified atom stereocenters. The Morgan fingerprint density at radius 3 is 1.75 bits per heavy atom. The molecule has 0 bridgehead atoms. The molecule has 5 heteroatoms. The third kappa shape index (κ3) is 8.61. The summed E-state index contributed by atoms with van der Waals surface area (Å²) in [5.41, 5.74) is 18.6. The number of fused-ring (bicyclic) bond motifs is 3. The van der Waals surface area contributed by atoms with Gasteiger partial charge in [0.25, 0.3) is 0 Å². The Morgan fingerprint density at radius 1 is 0.594 bits per heavy atom. The van der Waals surface area contributed by atoms with E-state index in [1.807, 2.05) is 42.5 Å². The van der Waals surface area contributed by atoms with Gasteiger partial charge in [-0.1, -0.05) is 182 Å². The third-order valence-electron chi connectivity index (χ3n) is 13.5. The lowest BCUT2D eigenvalue weighted by molar-refractivity contribution is 0.825. The van der Waals surface area contributed by atoms with Crippen LogP contribution in [0.3, 0.4) is 0 Å². The first-order valence-corrected chi connectivity index (χ1v) is 23.7. The van der Waals surface area contributed by atoms with Crippen LogP contribution >= 0.6 is 0 Å². The fourth-order valence-electron chi connectivity index (χ4n) is 9.87. The van der Waals surface area contributed by atoms with Crippen LogP contribution in [-0.4, -0.2) is 19.5 Å². The molecule has 0 N–H and O–H groups in total. The van der Waals surface area contributed by atoms with E-state index in [9.17, 15) is 5.26 Å². The molecule has 0 saturated heterocycles. The third-order valence-corrected chi connectivity index (χ3v) is 13.5. The van der Waals surface area contributed by atoms with Crippen molar-refractivity contribution in [2.45, 2.75) is 39.0 Å². The van der Waals surface area contributed by atoms with E-state index in [2.05, 4.69) is 200 Å². The molecule has 0 amide bonds. The van der Waals surface area contributed by atoms with Crippen molar-refractivity contribution in [3.63, 3.8) is 0 Å². The molecule has 0 saturated carbocycles. The van der Waals surface area contributed by atoms with Gasteiger partial charge >= 0.3 is 0 Å². The number of nitrogens with zero attached hydrogens (tertiary/aromatic N) is 5. The molecule has 0 aliphatic heterocycles. The maximum atomic E-state index is 10.3. The van der Waals surface area contributed by atoms with Gasteiger partial charge < -0.3 is 4.57 Å². The van der Waals surface area contributed by atoms with E-state index in [1.54, 1.807) is 0 Å². The molecule has 5 nitrogen and oxygen atoms in total. The van der Waals surface area contributed by atoms with Gasteiger partial charge in [-0.25, -0.2) is 15.0 Å². The number of allylic oxidation sites excluding steroid dienone is 9. The largest absolute Gasteiger partial charge is 0.312 e. The Balaban J connectivity index is 1.21. The second-order valence-electron chi connectivity index (χ2n) is 17.9. The normalized spacial score (nSPS) is 14.8. The quantitative estimate of drug-likeness (QED) is 0.128. The number of aromatic nitrogens is 4. The Labute approximate surface area is 404 Å². The lowest BCUT2D eigenvalue weighted by Crippen LogP contribution is -2.13. The topological polar surface area (TPSA) is 67.4 Å². The fraction of sp³-hybridized carbons (Fsp3) is 0.0938. The monoisotopic (exact) mass is 887 g/mol. The van der Waals surface area contributed by atoms with Crippen LogP contribution in [0.25, 0.3) is 79.1 Å². The SMILES string of the molecule is C/C(=C\C=C(/C)c1cc(-c2nc(-c3ccccc3)nc(-c3ccccc3)n2)cc(C2C=CC(c3ccccc3)=CC2)c1-n1c2c(c3cc(C#N)ccc31)C=C(c1ccccc1)CC2)c1ccccc1. The Bertz CT molecular complexity index is 3510. The van der Waals surface area contributed by atoms with E-state index in [0.717, 1.165) is 69.2 Å². The molecule has 0 fully saturated rings. The standard InChI is InChI=1S/C64H49N5/c1-43(46-18-8-3-9-19-46)28-29-44(2)55-40-54(64-67-62(51-24-14-6-15-25-51)66-63(68-64)52-26-16-7-17-27-52)41-56(50-33-31-49(32-34-50)47-20-10-4-11-21-47)61(55)69-59-36-30-45(42-65)38-57(59)58-39-53(35-37-60(58)69)48-22-12-5-13-23-48/h3-33,36,38-41,50H,34-35,37H2,1-2H3/b43-28+,44-29+. The van der Waals surface area contributed by atoms with Crippen molar-refractivity contribution in [2.24, 2.45) is 0 Å². The average molecular weight is 888 g/mol. The van der Waals surface area contributed by atoms with Crippen LogP contribution in [0.1, 0.15) is 77.2 Å². The van der Waals surface area contributed by atoms with E-state index >= 15 is 0 Å². The molecule has 2 aliphatic rings. The first kappa shape index (κ1) is 42.9. The number of hydrogen-bond donors (Lipinski definition) is 0. The summed E-state index contributed by atoms with van der Waals surface area (Å²) in [7, 11) is 0. The van der Waals surface area contributed by atoms with Gasteiger partial charge in [-0.05, 0) is 114 Å². The zero-order valence-corrected chi connectivity index (χ0v) is 38.7. The summed E-state index contributed by atoms with van der Waals surface area (Å²) in [4.78, 5) is 15.7. The highest BCUT2D eigenvalue weighted by Gasteiger charge is 2.29. The molecule has 69 heavy (non-hydrogen) atoms. The molecule has 2 aliphatic carbocycles. The minimum absolute atomic E-state index is 0.00933. The van der Waals surface area contributed by atoms with Crippen LogP contribution in [-0.2, 0) is 6.42 Å². The first-order chi connectivity index (χ1) is 34.0. The molecule has 2 aromatic heterocycles. The lowest BCUT2D eigenvalue weighted by atomic mass is 9.84. The van der Waals surface area contributed by atoms with Gasteiger partial charge in [-0.2, -0.15) is 5.26 Å². The maximum absolute atomic E-state index is 10.3. The summed E-state index contributed by atoms with van der Waals surface area (Å²) >= 11 is 0. The summed E-state index contributed by atoms with van der Waals surface area (Å²) in [6.45, 7) is 4.40. The van der Waals surface area contributed by atoms with Gasteiger partial charge in [0.05, 0.1) is 22.8 Å². The molecule has 330 valence electrons. The summed E-state index contributed by atoms with van der Waals surface area (Å²) in [5.74, 6) is 1.85. The van der Waals surface area contributed by atoms with Gasteiger partial charge in [0, 0.05) is 44.8 Å². The molecule has 2 heterocycles. The highest BCUT2D eigenvalue weighted by Crippen LogP contribution is 2.45. The van der Waals surface area contributed by atoms with Crippen molar-refractivity contribution < 1.29 is 0 Å². The molecular weight excluding hydrogens is 839 g/mol. The number of nitriles is 1. The molecule has 11 rings (SSSR count). The molecule has 0 spiro atoms. The second-order valence-corrected chi connectivity index (χ2v) is 17.9.